The van der Waals surface area contributed by atoms with E-state index >= 15 is 0 Å². The van der Waals surface area contributed by atoms with Gasteiger partial charge in [0.15, 0.2) is 5.65 Å². The van der Waals surface area contributed by atoms with E-state index in [1.807, 2.05) is 0 Å². The third kappa shape index (κ3) is 2.66. The molecule has 0 spiro atoms. The van der Waals surface area contributed by atoms with Crippen molar-refractivity contribution in [2.24, 2.45) is 0 Å². The Morgan fingerprint density at radius 1 is 1.15 bits per heavy atom. The zero-order valence-electron chi connectivity index (χ0n) is 14.2. The lowest BCUT2D eigenvalue weighted by molar-refractivity contribution is 0.0529. The molecule has 136 valence electrons. The zero-order chi connectivity index (χ0) is 19.1. The van der Waals surface area contributed by atoms with Crippen molar-refractivity contribution in [2.75, 3.05) is 12.3 Å². The SMILES string of the molecule is CCOC(=O)c1c(N)n(-c2ccc(F)cc2F)c2nc3ccccc3nc12. The van der Waals surface area contributed by atoms with Crippen LogP contribution in [0.2, 0.25) is 0 Å². The normalized spacial score (nSPS) is 11.2. The number of aromatic nitrogens is 3. The van der Waals surface area contributed by atoms with Crippen molar-refractivity contribution in [3.05, 3.63) is 59.7 Å². The van der Waals surface area contributed by atoms with Crippen molar-refractivity contribution < 1.29 is 18.3 Å². The van der Waals surface area contributed by atoms with Gasteiger partial charge in [-0.2, -0.15) is 0 Å². The molecule has 0 aliphatic carbocycles. The Hall–Kier alpha value is -3.55. The molecule has 0 atom stereocenters. The quantitative estimate of drug-likeness (QED) is 0.559. The van der Waals surface area contributed by atoms with Crippen LogP contribution in [0.4, 0.5) is 14.6 Å². The first-order valence-corrected chi connectivity index (χ1v) is 8.20. The molecule has 4 aromatic rings. The number of para-hydroxylation sites is 2. The Labute approximate surface area is 152 Å². The van der Waals surface area contributed by atoms with Crippen LogP contribution < -0.4 is 5.73 Å². The molecule has 0 saturated heterocycles. The molecule has 2 aromatic heterocycles. The van der Waals surface area contributed by atoms with Gasteiger partial charge in [-0.3, -0.25) is 4.57 Å². The number of nitrogens with two attached hydrogens (primary N) is 1. The third-order valence-electron chi connectivity index (χ3n) is 4.13. The maximum Gasteiger partial charge on any atom is 0.344 e. The number of esters is 1. The van der Waals surface area contributed by atoms with E-state index in [9.17, 15) is 13.6 Å². The smallest absolute Gasteiger partial charge is 0.344 e. The van der Waals surface area contributed by atoms with Gasteiger partial charge in [0.25, 0.3) is 0 Å². The monoisotopic (exact) mass is 368 g/mol. The number of hydrogen-bond donors (Lipinski definition) is 1. The second-order valence-electron chi connectivity index (χ2n) is 5.80. The van der Waals surface area contributed by atoms with Crippen molar-refractivity contribution in [3.63, 3.8) is 0 Å². The molecule has 0 radical (unpaired) electrons. The van der Waals surface area contributed by atoms with E-state index in [1.54, 1.807) is 31.2 Å². The molecule has 2 aromatic carbocycles. The standard InChI is InChI=1S/C19H14F2N4O2/c1-2-27-19(26)15-16-18(24-13-6-4-3-5-12(13)23-16)25(17(15)22)14-8-7-10(20)9-11(14)21/h3-9H,2,22H2,1H3. The van der Waals surface area contributed by atoms with Crippen molar-refractivity contribution in [1.29, 1.82) is 0 Å². The minimum Gasteiger partial charge on any atom is -0.462 e. The van der Waals surface area contributed by atoms with Crippen LogP contribution in [0.5, 0.6) is 0 Å². The molecule has 2 heterocycles. The number of halogens is 2. The van der Waals surface area contributed by atoms with Crippen LogP contribution >= 0.6 is 0 Å². The van der Waals surface area contributed by atoms with E-state index in [1.165, 1.54) is 10.6 Å². The molecule has 0 bridgehead atoms. The van der Waals surface area contributed by atoms with E-state index in [4.69, 9.17) is 10.5 Å². The minimum absolute atomic E-state index is 0.00571. The first-order chi connectivity index (χ1) is 13.0. The van der Waals surface area contributed by atoms with Crippen LogP contribution in [0.3, 0.4) is 0 Å². The number of anilines is 1. The summed E-state index contributed by atoms with van der Waals surface area (Å²) in [5, 5.41) is 0. The Morgan fingerprint density at radius 2 is 1.85 bits per heavy atom. The highest BCUT2D eigenvalue weighted by Gasteiger charge is 2.26. The molecule has 27 heavy (non-hydrogen) atoms. The molecule has 0 amide bonds. The average Bonchev–Trinajstić information content (AvgIpc) is 2.91. The van der Waals surface area contributed by atoms with E-state index in [-0.39, 0.29) is 34.8 Å². The van der Waals surface area contributed by atoms with Gasteiger partial charge in [0, 0.05) is 6.07 Å². The van der Waals surface area contributed by atoms with E-state index in [2.05, 4.69) is 9.97 Å². The second kappa shape index (κ2) is 6.31. The van der Waals surface area contributed by atoms with Gasteiger partial charge in [-0.1, -0.05) is 12.1 Å². The largest absolute Gasteiger partial charge is 0.462 e. The molecule has 0 saturated carbocycles. The van der Waals surface area contributed by atoms with Crippen LogP contribution in [0.25, 0.3) is 27.9 Å². The summed E-state index contributed by atoms with van der Waals surface area (Å²) in [6.07, 6.45) is 0. The number of nitrogen functional groups attached to an aromatic ring is 1. The highest BCUT2D eigenvalue weighted by molar-refractivity contribution is 6.09. The molecular formula is C19H14F2N4O2. The molecule has 8 heteroatoms. The summed E-state index contributed by atoms with van der Waals surface area (Å²) in [5.74, 6) is -2.34. The first kappa shape index (κ1) is 16.9. The minimum atomic E-state index is -0.844. The Bertz CT molecular complexity index is 1200. The summed E-state index contributed by atoms with van der Waals surface area (Å²) in [5.41, 5.74) is 7.58. The van der Waals surface area contributed by atoms with Gasteiger partial charge in [0.1, 0.15) is 28.5 Å². The maximum absolute atomic E-state index is 14.4. The van der Waals surface area contributed by atoms with E-state index < -0.39 is 17.6 Å². The molecule has 0 unspecified atom stereocenters. The van der Waals surface area contributed by atoms with Gasteiger partial charge >= 0.3 is 5.97 Å². The number of nitrogens with zero attached hydrogens (tertiary/aromatic N) is 3. The summed E-state index contributed by atoms with van der Waals surface area (Å²) >= 11 is 0. The van der Waals surface area contributed by atoms with Gasteiger partial charge in [-0.15, -0.1) is 0 Å². The summed E-state index contributed by atoms with van der Waals surface area (Å²) in [4.78, 5) is 21.4. The summed E-state index contributed by atoms with van der Waals surface area (Å²) in [6, 6.07) is 10.1. The Morgan fingerprint density at radius 3 is 2.52 bits per heavy atom. The molecule has 4 rings (SSSR count). The van der Waals surface area contributed by atoms with Gasteiger partial charge in [0.05, 0.1) is 23.3 Å². The van der Waals surface area contributed by atoms with Gasteiger partial charge in [-0.25, -0.2) is 23.5 Å². The maximum atomic E-state index is 14.4. The number of ether oxygens (including phenoxy) is 1. The predicted molar refractivity (Wildman–Crippen MR) is 96.7 cm³/mol. The lowest BCUT2D eigenvalue weighted by atomic mass is 10.2. The van der Waals surface area contributed by atoms with Crippen LogP contribution in [0.15, 0.2) is 42.5 Å². The molecule has 0 aliphatic heterocycles. The number of fused-ring (bicyclic) bond motifs is 2. The van der Waals surface area contributed by atoms with Gasteiger partial charge in [-0.05, 0) is 31.2 Å². The number of benzene rings is 2. The lowest BCUT2D eigenvalue weighted by Crippen LogP contribution is -2.09. The third-order valence-corrected chi connectivity index (χ3v) is 4.13. The van der Waals surface area contributed by atoms with Crippen molar-refractivity contribution >= 4 is 34.0 Å². The molecule has 6 nitrogen and oxygen atoms in total. The summed E-state index contributed by atoms with van der Waals surface area (Å²) < 4.78 is 34.1. The van der Waals surface area contributed by atoms with Crippen LogP contribution in [0, 0.1) is 11.6 Å². The van der Waals surface area contributed by atoms with Crippen molar-refractivity contribution in [1.82, 2.24) is 14.5 Å². The van der Waals surface area contributed by atoms with Crippen LogP contribution in [-0.2, 0) is 4.74 Å². The highest BCUT2D eigenvalue weighted by Crippen LogP contribution is 2.32. The van der Waals surface area contributed by atoms with Crippen LogP contribution in [-0.4, -0.2) is 27.1 Å². The molecule has 0 aliphatic rings. The highest BCUT2D eigenvalue weighted by atomic mass is 19.1. The fourth-order valence-corrected chi connectivity index (χ4v) is 2.97. The number of carbonyl (C=O) groups is 1. The summed E-state index contributed by atoms with van der Waals surface area (Å²) in [6.45, 7) is 1.80. The molecule has 2 N–H and O–H groups in total. The fraction of sp³-hybridized carbons (Fsp3) is 0.105. The number of rotatable bonds is 3. The van der Waals surface area contributed by atoms with Gasteiger partial charge < -0.3 is 10.5 Å². The van der Waals surface area contributed by atoms with Crippen molar-refractivity contribution in [2.45, 2.75) is 6.92 Å². The average molecular weight is 368 g/mol. The number of hydrogen-bond acceptors (Lipinski definition) is 5. The Kier molecular flexibility index (Phi) is 3.95. The molecule has 0 fully saturated rings. The first-order valence-electron chi connectivity index (χ1n) is 8.20. The second-order valence-corrected chi connectivity index (χ2v) is 5.80. The predicted octanol–water partition coefficient (Wildman–Crippen LogP) is 3.61. The summed E-state index contributed by atoms with van der Waals surface area (Å²) in [7, 11) is 0. The Balaban J connectivity index is 2.12. The van der Waals surface area contributed by atoms with Crippen LogP contribution in [0.1, 0.15) is 17.3 Å². The number of carbonyl (C=O) groups excluding carboxylic acids is 1. The van der Waals surface area contributed by atoms with E-state index in [0.29, 0.717) is 11.0 Å². The zero-order valence-corrected chi connectivity index (χ0v) is 14.2. The van der Waals surface area contributed by atoms with Crippen molar-refractivity contribution in [3.8, 4) is 5.69 Å². The molecular weight excluding hydrogens is 354 g/mol. The fourth-order valence-electron chi connectivity index (χ4n) is 2.97. The lowest BCUT2D eigenvalue weighted by Gasteiger charge is -2.09. The van der Waals surface area contributed by atoms with Gasteiger partial charge in [0.2, 0.25) is 0 Å². The van der Waals surface area contributed by atoms with E-state index in [0.717, 1.165) is 12.1 Å². The topological polar surface area (TPSA) is 83.0 Å².